The summed E-state index contributed by atoms with van der Waals surface area (Å²) in [6.07, 6.45) is 3.72. The zero-order valence-corrected chi connectivity index (χ0v) is 16.5. The third kappa shape index (κ3) is 4.06. The average Bonchev–Trinajstić information content (AvgIpc) is 3.09. The topological polar surface area (TPSA) is 64.3 Å². The summed E-state index contributed by atoms with van der Waals surface area (Å²) in [5, 5.41) is 2.75. The quantitative estimate of drug-likeness (QED) is 0.431. The monoisotopic (exact) mass is 402 g/mol. The minimum Gasteiger partial charge on any atom is -0.449 e. The van der Waals surface area contributed by atoms with Crippen molar-refractivity contribution in [3.05, 3.63) is 95.3 Å². The zero-order chi connectivity index (χ0) is 20.9. The van der Waals surface area contributed by atoms with Crippen molar-refractivity contribution in [1.29, 1.82) is 0 Å². The molecule has 0 heterocycles. The number of fused-ring (bicyclic) bond motifs is 3. The number of benzene rings is 3. The lowest BCUT2D eigenvalue weighted by Crippen LogP contribution is -2.26. The van der Waals surface area contributed by atoms with E-state index in [4.69, 9.17) is 10.5 Å². The van der Waals surface area contributed by atoms with E-state index in [1.165, 1.54) is 28.3 Å². The van der Waals surface area contributed by atoms with Crippen LogP contribution < -0.4 is 11.1 Å². The lowest BCUT2D eigenvalue weighted by molar-refractivity contribution is 0.143. The van der Waals surface area contributed by atoms with Crippen LogP contribution in [0.1, 0.15) is 29.0 Å². The first-order valence-electron chi connectivity index (χ1n) is 9.94. The summed E-state index contributed by atoms with van der Waals surface area (Å²) in [6, 6.07) is 21.1. The van der Waals surface area contributed by atoms with Gasteiger partial charge in [-0.15, -0.1) is 0 Å². The lowest BCUT2D eigenvalue weighted by atomic mass is 9.98. The van der Waals surface area contributed by atoms with Gasteiger partial charge < -0.3 is 15.8 Å². The molecule has 0 atom stereocenters. The third-order valence-corrected chi connectivity index (χ3v) is 5.31. The van der Waals surface area contributed by atoms with E-state index in [-0.39, 0.29) is 18.2 Å². The maximum atomic E-state index is 13.4. The standard InChI is InChI=1S/C25H23FN2O2/c26-23-14-7-9-17(24(23)27)8-5-6-15-28-25(29)30-16-22-20-12-3-1-10-18(20)19-11-2-4-13-21(19)22/h1-5,7-14,22H,6,15-16,27H2,(H,28,29). The Bertz CT molecular complexity index is 1050. The number of nitrogens with two attached hydrogens (primary N) is 1. The number of halogens is 1. The van der Waals surface area contributed by atoms with Crippen molar-refractivity contribution in [1.82, 2.24) is 5.32 Å². The molecule has 5 heteroatoms. The first-order chi connectivity index (χ1) is 14.6. The number of nitrogens with one attached hydrogen (secondary N) is 1. The van der Waals surface area contributed by atoms with Gasteiger partial charge in [0.15, 0.2) is 0 Å². The third-order valence-electron chi connectivity index (χ3n) is 5.31. The second-order valence-electron chi connectivity index (χ2n) is 7.19. The summed E-state index contributed by atoms with van der Waals surface area (Å²) in [4.78, 5) is 12.1. The molecule has 0 fully saturated rings. The van der Waals surface area contributed by atoms with E-state index >= 15 is 0 Å². The van der Waals surface area contributed by atoms with E-state index in [1.54, 1.807) is 18.2 Å². The van der Waals surface area contributed by atoms with Gasteiger partial charge in [0, 0.05) is 18.0 Å². The number of nitrogen functional groups attached to an aromatic ring is 1. The smallest absolute Gasteiger partial charge is 0.407 e. The van der Waals surface area contributed by atoms with Crippen LogP contribution in [0.4, 0.5) is 14.9 Å². The molecule has 3 aromatic rings. The molecule has 1 aliphatic rings. The van der Waals surface area contributed by atoms with E-state index in [0.717, 1.165) is 0 Å². The zero-order valence-electron chi connectivity index (χ0n) is 16.5. The molecule has 4 nitrogen and oxygen atoms in total. The number of alkyl carbamates (subject to hydrolysis) is 1. The molecule has 152 valence electrons. The minimum absolute atomic E-state index is 0.0407. The molecular weight excluding hydrogens is 379 g/mol. The van der Waals surface area contributed by atoms with Crippen LogP contribution in [0.5, 0.6) is 0 Å². The second kappa shape index (κ2) is 8.82. The van der Waals surface area contributed by atoms with E-state index in [9.17, 15) is 9.18 Å². The van der Waals surface area contributed by atoms with Gasteiger partial charge in [0.25, 0.3) is 0 Å². The van der Waals surface area contributed by atoms with Crippen LogP contribution in [0.3, 0.4) is 0 Å². The van der Waals surface area contributed by atoms with Gasteiger partial charge in [-0.1, -0.05) is 72.8 Å². The number of para-hydroxylation sites is 1. The fourth-order valence-corrected chi connectivity index (χ4v) is 3.82. The molecule has 3 N–H and O–H groups in total. The van der Waals surface area contributed by atoms with Crippen molar-refractivity contribution in [2.24, 2.45) is 0 Å². The summed E-state index contributed by atoms with van der Waals surface area (Å²) < 4.78 is 18.9. The number of rotatable bonds is 6. The Kier molecular flexibility index (Phi) is 5.80. The van der Waals surface area contributed by atoms with Crippen LogP contribution in [-0.4, -0.2) is 19.2 Å². The van der Waals surface area contributed by atoms with Crippen molar-refractivity contribution in [2.45, 2.75) is 12.3 Å². The van der Waals surface area contributed by atoms with Crippen molar-refractivity contribution in [2.75, 3.05) is 18.9 Å². The molecule has 0 aliphatic heterocycles. The van der Waals surface area contributed by atoms with Crippen molar-refractivity contribution in [3.8, 4) is 11.1 Å². The molecule has 0 saturated carbocycles. The van der Waals surface area contributed by atoms with Gasteiger partial charge in [-0.25, -0.2) is 9.18 Å². The van der Waals surface area contributed by atoms with Crippen LogP contribution in [0, 0.1) is 5.82 Å². The number of anilines is 1. The van der Waals surface area contributed by atoms with Gasteiger partial charge >= 0.3 is 6.09 Å². The number of carbonyl (C=O) groups is 1. The number of amides is 1. The number of hydrogen-bond donors (Lipinski definition) is 2. The molecular formula is C25H23FN2O2. The van der Waals surface area contributed by atoms with Gasteiger partial charge in [-0.3, -0.25) is 0 Å². The summed E-state index contributed by atoms with van der Waals surface area (Å²) in [7, 11) is 0. The highest BCUT2D eigenvalue weighted by atomic mass is 19.1. The molecule has 0 aromatic heterocycles. The number of ether oxygens (including phenoxy) is 1. The lowest BCUT2D eigenvalue weighted by Gasteiger charge is -2.14. The summed E-state index contributed by atoms with van der Waals surface area (Å²) in [6.45, 7) is 0.706. The summed E-state index contributed by atoms with van der Waals surface area (Å²) in [5.74, 6) is -0.395. The molecule has 30 heavy (non-hydrogen) atoms. The average molecular weight is 402 g/mol. The van der Waals surface area contributed by atoms with Crippen LogP contribution in [0.15, 0.2) is 72.8 Å². The second-order valence-corrected chi connectivity index (χ2v) is 7.19. The molecule has 1 aliphatic carbocycles. The normalized spacial score (nSPS) is 12.6. The largest absolute Gasteiger partial charge is 0.449 e. The molecule has 0 radical (unpaired) electrons. The van der Waals surface area contributed by atoms with Crippen LogP contribution in [0.25, 0.3) is 17.2 Å². The summed E-state index contributed by atoms with van der Waals surface area (Å²) >= 11 is 0. The van der Waals surface area contributed by atoms with Gasteiger partial charge in [0.05, 0.1) is 5.69 Å². The van der Waals surface area contributed by atoms with Crippen molar-refractivity contribution in [3.63, 3.8) is 0 Å². The molecule has 1 amide bonds. The van der Waals surface area contributed by atoms with E-state index in [2.05, 4.69) is 29.6 Å². The Hall–Kier alpha value is -3.60. The SMILES string of the molecule is Nc1c(F)cccc1C=CCCNC(=O)OCC1c2ccccc2-c2ccccc21. The molecule has 3 aromatic carbocycles. The van der Waals surface area contributed by atoms with Gasteiger partial charge in [0.2, 0.25) is 0 Å². The van der Waals surface area contributed by atoms with Crippen LogP contribution in [-0.2, 0) is 4.74 Å². The van der Waals surface area contributed by atoms with Crippen molar-refractivity contribution < 1.29 is 13.9 Å². The Balaban J connectivity index is 1.28. The predicted molar refractivity (Wildman–Crippen MR) is 118 cm³/mol. The predicted octanol–water partition coefficient (Wildman–Crippen LogP) is 5.35. The van der Waals surface area contributed by atoms with Crippen LogP contribution in [0.2, 0.25) is 0 Å². The Morgan fingerprint density at radius 2 is 1.67 bits per heavy atom. The Morgan fingerprint density at radius 3 is 2.37 bits per heavy atom. The molecule has 0 bridgehead atoms. The highest BCUT2D eigenvalue weighted by molar-refractivity contribution is 5.79. The van der Waals surface area contributed by atoms with E-state index in [1.807, 2.05) is 30.3 Å². The fourth-order valence-electron chi connectivity index (χ4n) is 3.82. The molecule has 0 saturated heterocycles. The van der Waals surface area contributed by atoms with Crippen LogP contribution >= 0.6 is 0 Å². The molecule has 0 unspecified atom stereocenters. The minimum atomic E-state index is -0.449. The van der Waals surface area contributed by atoms with Gasteiger partial charge in [-0.2, -0.15) is 0 Å². The summed E-state index contributed by atoms with van der Waals surface area (Å²) in [5.41, 5.74) is 11.2. The maximum absolute atomic E-state index is 13.4. The van der Waals surface area contributed by atoms with Crippen molar-refractivity contribution >= 4 is 17.9 Å². The number of hydrogen-bond acceptors (Lipinski definition) is 3. The molecule has 0 spiro atoms. The first kappa shape index (κ1) is 19.7. The first-order valence-corrected chi connectivity index (χ1v) is 9.94. The molecule has 4 rings (SSSR count). The highest BCUT2D eigenvalue weighted by Crippen LogP contribution is 2.44. The number of carbonyl (C=O) groups excluding carboxylic acids is 1. The Labute approximate surface area is 175 Å². The van der Waals surface area contributed by atoms with Gasteiger partial charge in [0.1, 0.15) is 12.4 Å². The van der Waals surface area contributed by atoms with Gasteiger partial charge in [-0.05, 0) is 34.7 Å². The maximum Gasteiger partial charge on any atom is 0.407 e. The Morgan fingerprint density at radius 1 is 1.00 bits per heavy atom. The fraction of sp³-hybridized carbons (Fsp3) is 0.160. The van der Waals surface area contributed by atoms with E-state index < -0.39 is 11.9 Å². The van der Waals surface area contributed by atoms with E-state index in [0.29, 0.717) is 18.5 Å². The highest BCUT2D eigenvalue weighted by Gasteiger charge is 2.28.